The molecule has 4 heteroatoms. The number of carbonyl (C=O) groups excluding carboxylic acids is 1. The summed E-state index contributed by atoms with van der Waals surface area (Å²) < 4.78 is 4.62. The Bertz CT molecular complexity index is 326. The molecule has 0 bridgehead atoms. The molecule has 0 aliphatic rings. The van der Waals surface area contributed by atoms with E-state index in [1.165, 1.54) is 18.3 Å². The fraction of sp³-hybridized carbons (Fsp3) is 0. The van der Waals surface area contributed by atoms with E-state index in [1.807, 2.05) is 0 Å². The van der Waals surface area contributed by atoms with Crippen LogP contribution in [0, 0.1) is 12.3 Å². The number of aromatic nitrogens is 1. The fourth-order valence-electron chi connectivity index (χ4n) is 0.559. The Labute approximate surface area is 74.3 Å². The van der Waals surface area contributed by atoms with Gasteiger partial charge in [-0.3, -0.25) is 0 Å². The van der Waals surface area contributed by atoms with Gasteiger partial charge >= 0.3 is 5.97 Å². The molecule has 0 N–H and O–H groups in total. The molecule has 0 aliphatic heterocycles. The molecule has 3 nitrogen and oxygen atoms in total. The summed E-state index contributed by atoms with van der Waals surface area (Å²) in [5.41, 5.74) is 0. The zero-order valence-electron chi connectivity index (χ0n) is 5.95. The van der Waals surface area contributed by atoms with Gasteiger partial charge in [0.1, 0.15) is 10.9 Å². The molecule has 0 aromatic carbocycles. The van der Waals surface area contributed by atoms with Gasteiger partial charge in [0.25, 0.3) is 0 Å². The largest absolute Gasteiger partial charge is 0.415 e. The summed E-state index contributed by atoms with van der Waals surface area (Å²) in [7, 11) is 0. The molecule has 0 aliphatic carbocycles. The highest BCUT2D eigenvalue weighted by atomic mass is 35.5. The molecule has 1 aromatic heterocycles. The van der Waals surface area contributed by atoms with Crippen molar-refractivity contribution >= 4 is 17.6 Å². The third kappa shape index (κ3) is 2.26. The van der Waals surface area contributed by atoms with Crippen molar-refractivity contribution in [3.63, 3.8) is 0 Å². The second kappa shape index (κ2) is 3.74. The lowest BCUT2D eigenvalue weighted by Crippen LogP contribution is -2.03. The minimum atomic E-state index is -0.751. The first-order valence-electron chi connectivity index (χ1n) is 3.02. The molecular weight excluding hydrogens is 178 g/mol. The first kappa shape index (κ1) is 8.57. The average molecular weight is 182 g/mol. The minimum absolute atomic E-state index is 0.280. The molecule has 1 aromatic rings. The van der Waals surface area contributed by atoms with Crippen molar-refractivity contribution in [2.45, 2.75) is 0 Å². The lowest BCUT2D eigenvalue weighted by atomic mass is 10.5. The quantitative estimate of drug-likeness (QED) is 0.284. The number of hydrogen-bond donors (Lipinski definition) is 0. The van der Waals surface area contributed by atoms with E-state index in [2.05, 4.69) is 9.72 Å². The minimum Gasteiger partial charge on any atom is -0.415 e. The van der Waals surface area contributed by atoms with Crippen LogP contribution in [0.3, 0.4) is 0 Å². The van der Waals surface area contributed by atoms with E-state index in [0.717, 1.165) is 0 Å². The highest BCUT2D eigenvalue weighted by molar-refractivity contribution is 6.29. The molecule has 1 rings (SSSR count). The predicted molar refractivity (Wildman–Crippen MR) is 43.7 cm³/mol. The maximum atomic E-state index is 10.5. The van der Waals surface area contributed by atoms with Crippen LogP contribution in [-0.2, 0) is 4.79 Å². The van der Waals surface area contributed by atoms with Crippen molar-refractivity contribution < 1.29 is 9.53 Å². The molecule has 0 spiro atoms. The molecule has 0 radical (unpaired) electrons. The van der Waals surface area contributed by atoms with Gasteiger partial charge in [-0.1, -0.05) is 11.6 Å². The Hall–Kier alpha value is -1.53. The molecule has 0 saturated carbocycles. The second-order valence-electron chi connectivity index (χ2n) is 1.85. The van der Waals surface area contributed by atoms with Crippen LogP contribution in [0.2, 0.25) is 5.15 Å². The van der Waals surface area contributed by atoms with Crippen LogP contribution in [0.4, 0.5) is 0 Å². The van der Waals surface area contributed by atoms with E-state index in [-0.39, 0.29) is 5.75 Å². The number of pyridine rings is 1. The van der Waals surface area contributed by atoms with Gasteiger partial charge in [-0.05, 0) is 12.1 Å². The molecule has 0 unspecified atom stereocenters. The Balaban J connectivity index is 2.73. The third-order valence-electron chi connectivity index (χ3n) is 1.03. The van der Waals surface area contributed by atoms with Crippen molar-refractivity contribution in [2.75, 3.05) is 0 Å². The third-order valence-corrected chi connectivity index (χ3v) is 1.25. The number of rotatable bonds is 1. The van der Waals surface area contributed by atoms with Gasteiger partial charge < -0.3 is 4.74 Å². The maximum Gasteiger partial charge on any atom is 0.389 e. The first-order chi connectivity index (χ1) is 5.72. The normalized spacial score (nSPS) is 8.67. The highest BCUT2D eigenvalue weighted by Crippen LogP contribution is 2.11. The second-order valence-corrected chi connectivity index (χ2v) is 2.24. The van der Waals surface area contributed by atoms with Crippen LogP contribution in [0.1, 0.15) is 0 Å². The predicted octanol–water partition coefficient (Wildman–Crippen LogP) is 1.27. The molecule has 1 heterocycles. The summed E-state index contributed by atoms with van der Waals surface area (Å²) in [6, 6.07) is 3.01. The fourth-order valence-corrected chi connectivity index (χ4v) is 0.671. The Morgan fingerprint density at radius 1 is 1.67 bits per heavy atom. The monoisotopic (exact) mass is 181 g/mol. The Morgan fingerprint density at radius 3 is 2.92 bits per heavy atom. The van der Waals surface area contributed by atoms with Gasteiger partial charge in [0.15, 0.2) is 0 Å². The summed E-state index contributed by atoms with van der Waals surface area (Å²) in [6.07, 6.45) is 6.10. The van der Waals surface area contributed by atoms with Crippen LogP contribution in [0.15, 0.2) is 18.3 Å². The van der Waals surface area contributed by atoms with Gasteiger partial charge in [0.2, 0.25) is 0 Å². The van der Waals surface area contributed by atoms with Crippen molar-refractivity contribution in [2.24, 2.45) is 0 Å². The standard InChI is InChI=1S/C8H4ClNO2/c1-2-8(11)12-6-3-4-7(9)10-5-6/h1,3-5H. The molecule has 60 valence electrons. The highest BCUT2D eigenvalue weighted by Gasteiger charge is 1.99. The van der Waals surface area contributed by atoms with Gasteiger partial charge in [0, 0.05) is 5.92 Å². The van der Waals surface area contributed by atoms with Gasteiger partial charge in [0.05, 0.1) is 6.20 Å². The van der Waals surface area contributed by atoms with Crippen LogP contribution in [0.5, 0.6) is 5.75 Å². The Kier molecular flexibility index (Phi) is 2.67. The number of esters is 1. The first-order valence-corrected chi connectivity index (χ1v) is 3.40. The number of ether oxygens (including phenoxy) is 1. The van der Waals surface area contributed by atoms with Crippen LogP contribution in [0.25, 0.3) is 0 Å². The Morgan fingerprint density at radius 2 is 2.42 bits per heavy atom. The molecule has 0 saturated heterocycles. The number of halogens is 1. The molecule has 0 atom stereocenters. The number of carbonyl (C=O) groups is 1. The number of terminal acetylenes is 1. The number of hydrogen-bond acceptors (Lipinski definition) is 3. The summed E-state index contributed by atoms with van der Waals surface area (Å²) in [5, 5.41) is 0.329. The van der Waals surface area contributed by atoms with E-state index < -0.39 is 5.97 Å². The molecule has 0 fully saturated rings. The van der Waals surface area contributed by atoms with Gasteiger partial charge in [-0.2, -0.15) is 0 Å². The van der Waals surface area contributed by atoms with Crippen molar-refractivity contribution in [3.8, 4) is 18.1 Å². The molecule has 12 heavy (non-hydrogen) atoms. The summed E-state index contributed by atoms with van der Waals surface area (Å²) >= 11 is 5.49. The van der Waals surface area contributed by atoms with E-state index in [1.54, 1.807) is 5.92 Å². The lowest BCUT2D eigenvalue weighted by Gasteiger charge is -1.97. The van der Waals surface area contributed by atoms with E-state index in [4.69, 9.17) is 18.0 Å². The number of nitrogens with zero attached hydrogens (tertiary/aromatic N) is 1. The summed E-state index contributed by atoms with van der Waals surface area (Å²) in [5.74, 6) is 1.34. The van der Waals surface area contributed by atoms with Gasteiger partial charge in [-0.25, -0.2) is 9.78 Å². The van der Waals surface area contributed by atoms with E-state index in [0.29, 0.717) is 5.15 Å². The SMILES string of the molecule is C#CC(=O)Oc1ccc(Cl)nc1. The van der Waals surface area contributed by atoms with Crippen molar-refractivity contribution in [1.82, 2.24) is 4.98 Å². The van der Waals surface area contributed by atoms with Crippen LogP contribution >= 0.6 is 11.6 Å². The van der Waals surface area contributed by atoms with Crippen LogP contribution < -0.4 is 4.74 Å². The van der Waals surface area contributed by atoms with Crippen molar-refractivity contribution in [1.29, 1.82) is 0 Å². The van der Waals surface area contributed by atoms with E-state index >= 15 is 0 Å². The van der Waals surface area contributed by atoms with Crippen LogP contribution in [-0.4, -0.2) is 11.0 Å². The maximum absolute atomic E-state index is 10.5. The van der Waals surface area contributed by atoms with Gasteiger partial charge in [-0.15, -0.1) is 6.42 Å². The molecular formula is C8H4ClNO2. The lowest BCUT2D eigenvalue weighted by molar-refractivity contribution is -0.128. The smallest absolute Gasteiger partial charge is 0.389 e. The topological polar surface area (TPSA) is 39.2 Å². The van der Waals surface area contributed by atoms with Crippen molar-refractivity contribution in [3.05, 3.63) is 23.5 Å². The average Bonchev–Trinajstić information content (AvgIpc) is 2.09. The van der Waals surface area contributed by atoms with E-state index in [9.17, 15) is 4.79 Å². The molecule has 0 amide bonds. The summed E-state index contributed by atoms with van der Waals surface area (Å²) in [4.78, 5) is 14.2. The zero-order valence-corrected chi connectivity index (χ0v) is 6.71. The summed E-state index contributed by atoms with van der Waals surface area (Å²) in [6.45, 7) is 0. The zero-order chi connectivity index (χ0) is 8.97.